The van der Waals surface area contributed by atoms with Gasteiger partial charge < -0.3 is 5.73 Å². The summed E-state index contributed by atoms with van der Waals surface area (Å²) < 4.78 is 0. The van der Waals surface area contributed by atoms with E-state index in [9.17, 15) is 5.26 Å². The summed E-state index contributed by atoms with van der Waals surface area (Å²) in [4.78, 5) is 0. The Hall–Kier alpha value is -1.76. The molecule has 0 amide bonds. The van der Waals surface area contributed by atoms with Gasteiger partial charge in [-0.05, 0) is 18.1 Å². The monoisotopic (exact) mass is 282 g/mol. The zero-order valence-corrected chi connectivity index (χ0v) is 12.4. The van der Waals surface area contributed by atoms with E-state index >= 15 is 0 Å². The van der Waals surface area contributed by atoms with Gasteiger partial charge >= 0.3 is 0 Å². The van der Waals surface area contributed by atoms with Crippen molar-refractivity contribution in [3.8, 4) is 6.07 Å². The van der Waals surface area contributed by atoms with Crippen LogP contribution in [0.5, 0.6) is 0 Å². The molecule has 0 fully saturated rings. The molecule has 0 aromatic heterocycles. The summed E-state index contributed by atoms with van der Waals surface area (Å²) in [5.41, 5.74) is 8.71. The van der Waals surface area contributed by atoms with Crippen molar-refractivity contribution in [1.82, 2.24) is 0 Å². The topological polar surface area (TPSA) is 49.8 Å². The molecule has 102 valence electrons. The molecule has 0 spiro atoms. The number of aryl methyl sites for hydroxylation is 1. The third-order valence-electron chi connectivity index (χ3n) is 3.17. The van der Waals surface area contributed by atoms with Gasteiger partial charge in [0.05, 0.1) is 6.07 Å². The number of nitrogens with zero attached hydrogens (tertiary/aromatic N) is 1. The number of nitrogens with two attached hydrogens (primary N) is 1. The van der Waals surface area contributed by atoms with Gasteiger partial charge in [-0.25, -0.2) is 0 Å². The van der Waals surface area contributed by atoms with E-state index in [1.165, 1.54) is 11.1 Å². The summed E-state index contributed by atoms with van der Waals surface area (Å²) in [5, 5.41) is 9.39. The molecule has 0 aliphatic rings. The quantitative estimate of drug-likeness (QED) is 0.911. The highest BCUT2D eigenvalue weighted by Gasteiger charge is 2.26. The molecule has 0 saturated carbocycles. The van der Waals surface area contributed by atoms with Gasteiger partial charge in [0.25, 0.3) is 0 Å². The van der Waals surface area contributed by atoms with E-state index in [-0.39, 0.29) is 0 Å². The molecule has 3 heteroatoms. The van der Waals surface area contributed by atoms with Crippen LogP contribution in [0, 0.1) is 18.3 Å². The lowest BCUT2D eigenvalue weighted by Gasteiger charge is -2.21. The number of nitriles is 1. The highest BCUT2D eigenvalue weighted by Crippen LogP contribution is 2.24. The largest absolute Gasteiger partial charge is 0.309 e. The van der Waals surface area contributed by atoms with Crippen molar-refractivity contribution in [3.63, 3.8) is 0 Å². The minimum absolute atomic E-state index is 0.585. The molecular weight excluding hydrogens is 264 g/mol. The Morgan fingerprint density at radius 1 is 1.15 bits per heavy atom. The van der Waals surface area contributed by atoms with Gasteiger partial charge in [0.15, 0.2) is 0 Å². The lowest BCUT2D eigenvalue weighted by molar-refractivity contribution is 0.659. The molecule has 2 aromatic rings. The number of hydrogen-bond acceptors (Lipinski definition) is 3. The van der Waals surface area contributed by atoms with Crippen molar-refractivity contribution in [3.05, 3.63) is 71.3 Å². The second kappa shape index (κ2) is 6.60. The lowest BCUT2D eigenvalue weighted by atomic mass is 9.95. The first-order chi connectivity index (χ1) is 9.64. The molecule has 1 atom stereocenters. The van der Waals surface area contributed by atoms with Crippen LogP contribution in [0.2, 0.25) is 0 Å². The van der Waals surface area contributed by atoms with E-state index in [0.29, 0.717) is 5.75 Å². The van der Waals surface area contributed by atoms with E-state index in [1.54, 1.807) is 11.8 Å². The van der Waals surface area contributed by atoms with E-state index in [2.05, 4.69) is 37.3 Å². The molecule has 20 heavy (non-hydrogen) atoms. The SMILES string of the molecule is Cc1cccc(CSCC(N)(C#N)c2ccccc2)c1. The average Bonchev–Trinajstić information content (AvgIpc) is 2.48. The normalized spacial score (nSPS) is 13.4. The van der Waals surface area contributed by atoms with Crippen molar-refractivity contribution in [1.29, 1.82) is 5.26 Å². The first kappa shape index (κ1) is 14.6. The molecule has 0 saturated heterocycles. The predicted molar refractivity (Wildman–Crippen MR) is 85.3 cm³/mol. The van der Waals surface area contributed by atoms with Crippen molar-refractivity contribution < 1.29 is 0 Å². The van der Waals surface area contributed by atoms with Crippen LogP contribution in [0.4, 0.5) is 0 Å². The van der Waals surface area contributed by atoms with E-state index in [0.717, 1.165) is 11.3 Å². The van der Waals surface area contributed by atoms with E-state index in [1.807, 2.05) is 30.3 Å². The zero-order chi connectivity index (χ0) is 14.4. The predicted octanol–water partition coefficient (Wildman–Crippen LogP) is 3.61. The summed E-state index contributed by atoms with van der Waals surface area (Å²) in [6.45, 7) is 2.08. The van der Waals surface area contributed by atoms with Crippen LogP contribution in [0.15, 0.2) is 54.6 Å². The maximum Gasteiger partial charge on any atom is 0.138 e. The van der Waals surface area contributed by atoms with Crippen LogP contribution in [0.1, 0.15) is 16.7 Å². The molecule has 0 radical (unpaired) electrons. The third kappa shape index (κ3) is 3.63. The highest BCUT2D eigenvalue weighted by atomic mass is 32.2. The van der Waals surface area contributed by atoms with Crippen molar-refractivity contribution in [2.24, 2.45) is 5.73 Å². The number of thioether (sulfide) groups is 1. The molecule has 2 N–H and O–H groups in total. The summed E-state index contributed by atoms with van der Waals surface area (Å²) in [6, 6.07) is 20.3. The smallest absolute Gasteiger partial charge is 0.138 e. The second-order valence-corrected chi connectivity index (χ2v) is 5.92. The lowest BCUT2D eigenvalue weighted by Crippen LogP contribution is -2.37. The first-order valence-corrected chi connectivity index (χ1v) is 7.68. The molecule has 0 heterocycles. The zero-order valence-electron chi connectivity index (χ0n) is 11.5. The fourth-order valence-electron chi connectivity index (χ4n) is 2.05. The van der Waals surface area contributed by atoms with Crippen LogP contribution < -0.4 is 5.73 Å². The second-order valence-electron chi connectivity index (χ2n) is 4.93. The van der Waals surface area contributed by atoms with Gasteiger partial charge in [-0.3, -0.25) is 0 Å². The van der Waals surface area contributed by atoms with Gasteiger partial charge in [0, 0.05) is 11.5 Å². The van der Waals surface area contributed by atoms with Crippen LogP contribution in [-0.2, 0) is 11.3 Å². The summed E-state index contributed by atoms with van der Waals surface area (Å²) >= 11 is 1.69. The number of rotatable bonds is 5. The standard InChI is InChI=1S/C17H18N2S/c1-14-6-5-7-15(10-14)11-20-13-17(19,12-18)16-8-3-2-4-9-16/h2-10H,11,13,19H2,1H3. The molecule has 0 bridgehead atoms. The first-order valence-electron chi connectivity index (χ1n) is 6.53. The molecule has 2 nitrogen and oxygen atoms in total. The average molecular weight is 282 g/mol. The maximum atomic E-state index is 9.39. The summed E-state index contributed by atoms with van der Waals surface area (Å²) in [6.07, 6.45) is 0. The highest BCUT2D eigenvalue weighted by molar-refractivity contribution is 7.98. The van der Waals surface area contributed by atoms with Crippen molar-refractivity contribution in [2.45, 2.75) is 18.2 Å². The molecule has 2 rings (SSSR count). The van der Waals surface area contributed by atoms with Gasteiger partial charge in [0.2, 0.25) is 0 Å². The van der Waals surface area contributed by atoms with Crippen LogP contribution >= 0.6 is 11.8 Å². The Balaban J connectivity index is 2.00. The van der Waals surface area contributed by atoms with Gasteiger partial charge in [-0.2, -0.15) is 17.0 Å². The van der Waals surface area contributed by atoms with Crippen LogP contribution in [0.3, 0.4) is 0 Å². The Morgan fingerprint density at radius 3 is 2.55 bits per heavy atom. The fourth-order valence-corrected chi connectivity index (χ4v) is 3.12. The molecule has 0 aliphatic heterocycles. The molecule has 1 unspecified atom stereocenters. The number of hydrogen-bond donors (Lipinski definition) is 1. The Labute approximate surface area is 124 Å². The summed E-state index contributed by atoms with van der Waals surface area (Å²) in [7, 11) is 0. The minimum Gasteiger partial charge on any atom is -0.309 e. The van der Waals surface area contributed by atoms with Gasteiger partial charge in [0.1, 0.15) is 5.54 Å². The third-order valence-corrected chi connectivity index (χ3v) is 4.37. The van der Waals surface area contributed by atoms with Gasteiger partial charge in [-0.15, -0.1) is 0 Å². The molecule has 0 aliphatic carbocycles. The minimum atomic E-state index is -0.921. The molecule has 2 aromatic carbocycles. The Bertz CT molecular complexity index is 604. The van der Waals surface area contributed by atoms with Crippen LogP contribution in [-0.4, -0.2) is 5.75 Å². The Morgan fingerprint density at radius 2 is 1.90 bits per heavy atom. The number of benzene rings is 2. The van der Waals surface area contributed by atoms with Crippen molar-refractivity contribution in [2.75, 3.05) is 5.75 Å². The molecular formula is C17H18N2S. The summed E-state index contributed by atoms with van der Waals surface area (Å²) in [5.74, 6) is 1.45. The fraction of sp³-hybridized carbons (Fsp3) is 0.235. The van der Waals surface area contributed by atoms with Crippen LogP contribution in [0.25, 0.3) is 0 Å². The van der Waals surface area contributed by atoms with Gasteiger partial charge in [-0.1, -0.05) is 60.2 Å². The van der Waals surface area contributed by atoms with E-state index in [4.69, 9.17) is 5.73 Å². The van der Waals surface area contributed by atoms with Crippen molar-refractivity contribution >= 4 is 11.8 Å². The van der Waals surface area contributed by atoms with E-state index < -0.39 is 5.54 Å². The Kier molecular flexibility index (Phi) is 4.84. The maximum absolute atomic E-state index is 9.39.